The van der Waals surface area contributed by atoms with E-state index in [1.807, 2.05) is 13.8 Å². The molecule has 0 aromatic carbocycles. The zero-order chi connectivity index (χ0) is 7.44. The Hall–Kier alpha value is -0.730. The van der Waals surface area contributed by atoms with Crippen LogP contribution in [0.2, 0.25) is 0 Å². The quantitative estimate of drug-likeness (QED) is 0.612. The molecule has 0 bridgehead atoms. The number of amides is 1. The van der Waals surface area contributed by atoms with E-state index in [0.717, 1.165) is 0 Å². The molecule has 0 unspecified atom stereocenters. The van der Waals surface area contributed by atoms with E-state index < -0.39 is 6.09 Å². The molecule has 1 amide bonds. The fraction of sp³-hybridized carbons (Fsp3) is 0.833. The summed E-state index contributed by atoms with van der Waals surface area (Å²) >= 11 is 0. The van der Waals surface area contributed by atoms with Gasteiger partial charge in [0.05, 0.1) is 0 Å². The van der Waals surface area contributed by atoms with Gasteiger partial charge in [0.25, 0.3) is 0 Å². The van der Waals surface area contributed by atoms with E-state index >= 15 is 0 Å². The van der Waals surface area contributed by atoms with Crippen molar-refractivity contribution in [2.24, 2.45) is 5.92 Å². The summed E-state index contributed by atoms with van der Waals surface area (Å²) in [5, 5.41) is 8.36. The fourth-order valence-electron chi connectivity index (χ4n) is 0.626. The van der Waals surface area contributed by atoms with Crippen LogP contribution < -0.4 is 0 Å². The molecular weight excluding hydrogens is 118 g/mol. The van der Waals surface area contributed by atoms with Gasteiger partial charge in [0.15, 0.2) is 0 Å². The van der Waals surface area contributed by atoms with Gasteiger partial charge in [-0.05, 0) is 5.92 Å². The van der Waals surface area contributed by atoms with E-state index in [4.69, 9.17) is 5.11 Å². The average molecular weight is 131 g/mol. The van der Waals surface area contributed by atoms with E-state index in [0.29, 0.717) is 12.5 Å². The topological polar surface area (TPSA) is 40.5 Å². The summed E-state index contributed by atoms with van der Waals surface area (Å²) in [7, 11) is 1.57. The number of carboxylic acid groups (broad SMARTS) is 1. The summed E-state index contributed by atoms with van der Waals surface area (Å²) in [6, 6.07) is 0. The van der Waals surface area contributed by atoms with Crippen molar-refractivity contribution in [3.05, 3.63) is 0 Å². The van der Waals surface area contributed by atoms with Crippen LogP contribution in [0.1, 0.15) is 13.8 Å². The maximum atomic E-state index is 10.2. The third-order valence-electron chi connectivity index (χ3n) is 0.966. The lowest BCUT2D eigenvalue weighted by Crippen LogP contribution is -2.28. The van der Waals surface area contributed by atoms with Gasteiger partial charge >= 0.3 is 6.09 Å². The highest BCUT2D eigenvalue weighted by Crippen LogP contribution is 1.94. The summed E-state index contributed by atoms with van der Waals surface area (Å²) in [5.41, 5.74) is 0. The Bertz CT molecular complexity index is 101. The van der Waals surface area contributed by atoms with Gasteiger partial charge < -0.3 is 10.0 Å². The Morgan fingerprint density at radius 3 is 2.22 bits per heavy atom. The molecule has 3 heteroatoms. The fourth-order valence-corrected chi connectivity index (χ4v) is 0.626. The highest BCUT2D eigenvalue weighted by Gasteiger charge is 2.05. The first-order valence-electron chi connectivity index (χ1n) is 2.98. The van der Waals surface area contributed by atoms with Crippen molar-refractivity contribution in [1.82, 2.24) is 4.90 Å². The normalized spacial score (nSPS) is 9.78. The number of nitrogens with zero attached hydrogens (tertiary/aromatic N) is 1. The molecule has 0 saturated heterocycles. The minimum absolute atomic E-state index is 0.408. The molecule has 0 aliphatic heterocycles. The monoisotopic (exact) mass is 131 g/mol. The Morgan fingerprint density at radius 1 is 1.67 bits per heavy atom. The summed E-state index contributed by atoms with van der Waals surface area (Å²) < 4.78 is 0. The molecule has 0 spiro atoms. The molecule has 3 nitrogen and oxygen atoms in total. The summed E-state index contributed by atoms with van der Waals surface area (Å²) in [4.78, 5) is 11.4. The molecule has 0 radical (unpaired) electrons. The highest BCUT2D eigenvalue weighted by atomic mass is 16.4. The van der Waals surface area contributed by atoms with Gasteiger partial charge in [0.1, 0.15) is 0 Å². The van der Waals surface area contributed by atoms with Crippen molar-refractivity contribution < 1.29 is 9.90 Å². The van der Waals surface area contributed by atoms with E-state index in [2.05, 4.69) is 0 Å². The van der Waals surface area contributed by atoms with Crippen molar-refractivity contribution in [1.29, 1.82) is 0 Å². The molecule has 9 heavy (non-hydrogen) atoms. The van der Waals surface area contributed by atoms with Crippen LogP contribution in [0.4, 0.5) is 4.79 Å². The van der Waals surface area contributed by atoms with Crippen molar-refractivity contribution in [3.8, 4) is 0 Å². The van der Waals surface area contributed by atoms with E-state index in [1.54, 1.807) is 7.05 Å². The third kappa shape index (κ3) is 3.82. The van der Waals surface area contributed by atoms with Crippen LogP contribution in [0.15, 0.2) is 0 Å². The zero-order valence-electron chi connectivity index (χ0n) is 6.09. The predicted octanol–water partition coefficient (Wildman–Crippen LogP) is 1.25. The van der Waals surface area contributed by atoms with Gasteiger partial charge in [-0.15, -0.1) is 0 Å². The van der Waals surface area contributed by atoms with Crippen molar-refractivity contribution in [2.45, 2.75) is 13.8 Å². The molecule has 0 aromatic rings. The molecule has 0 rings (SSSR count). The van der Waals surface area contributed by atoms with Gasteiger partial charge in [0, 0.05) is 13.6 Å². The zero-order valence-corrected chi connectivity index (χ0v) is 6.09. The minimum Gasteiger partial charge on any atom is -0.465 e. The Morgan fingerprint density at radius 2 is 2.11 bits per heavy atom. The second-order valence-corrected chi connectivity index (χ2v) is 2.56. The van der Waals surface area contributed by atoms with Gasteiger partial charge in [-0.1, -0.05) is 13.8 Å². The SMILES string of the molecule is CC(C)CN(C)C(=O)O. The van der Waals surface area contributed by atoms with Crippen molar-refractivity contribution in [3.63, 3.8) is 0 Å². The van der Waals surface area contributed by atoms with Crippen LogP contribution in [-0.2, 0) is 0 Å². The Balaban J connectivity index is 3.50. The van der Waals surface area contributed by atoms with E-state index in [9.17, 15) is 4.79 Å². The maximum Gasteiger partial charge on any atom is 0.407 e. The first-order valence-corrected chi connectivity index (χ1v) is 2.98. The lowest BCUT2D eigenvalue weighted by atomic mass is 10.2. The molecule has 54 valence electrons. The molecular formula is C6H13NO2. The standard InChI is InChI=1S/C6H13NO2/c1-5(2)4-7(3)6(8)9/h5H,4H2,1-3H3,(H,8,9). The molecule has 0 aromatic heterocycles. The molecule has 0 atom stereocenters. The van der Waals surface area contributed by atoms with Gasteiger partial charge in [-0.25, -0.2) is 4.79 Å². The number of hydrogen-bond donors (Lipinski definition) is 1. The minimum atomic E-state index is -0.858. The number of rotatable bonds is 2. The summed E-state index contributed by atoms with van der Waals surface area (Å²) in [5.74, 6) is 0.408. The average Bonchev–Trinajstić information content (AvgIpc) is 1.63. The van der Waals surface area contributed by atoms with Crippen LogP contribution in [0.25, 0.3) is 0 Å². The highest BCUT2D eigenvalue weighted by molar-refractivity contribution is 5.64. The second-order valence-electron chi connectivity index (χ2n) is 2.56. The lowest BCUT2D eigenvalue weighted by molar-refractivity contribution is 0.151. The molecule has 0 heterocycles. The Kier molecular flexibility index (Phi) is 3.06. The lowest BCUT2D eigenvalue weighted by Gasteiger charge is -2.14. The summed E-state index contributed by atoms with van der Waals surface area (Å²) in [6.45, 7) is 4.58. The second kappa shape index (κ2) is 3.33. The van der Waals surface area contributed by atoms with E-state index in [-0.39, 0.29) is 0 Å². The van der Waals surface area contributed by atoms with Crippen LogP contribution in [0.3, 0.4) is 0 Å². The Labute approximate surface area is 55.3 Å². The number of carbonyl (C=O) groups is 1. The van der Waals surface area contributed by atoms with Gasteiger partial charge in [-0.2, -0.15) is 0 Å². The van der Waals surface area contributed by atoms with Crippen LogP contribution in [0, 0.1) is 5.92 Å². The molecule has 0 aliphatic carbocycles. The third-order valence-corrected chi connectivity index (χ3v) is 0.966. The smallest absolute Gasteiger partial charge is 0.407 e. The van der Waals surface area contributed by atoms with Crippen LogP contribution in [-0.4, -0.2) is 29.7 Å². The summed E-state index contributed by atoms with van der Waals surface area (Å²) in [6.07, 6.45) is -0.858. The molecule has 0 aliphatic rings. The first-order chi connectivity index (χ1) is 4.04. The van der Waals surface area contributed by atoms with Crippen LogP contribution in [0.5, 0.6) is 0 Å². The largest absolute Gasteiger partial charge is 0.465 e. The maximum absolute atomic E-state index is 10.2. The number of hydrogen-bond acceptors (Lipinski definition) is 1. The first kappa shape index (κ1) is 8.27. The van der Waals surface area contributed by atoms with Gasteiger partial charge in [-0.3, -0.25) is 0 Å². The van der Waals surface area contributed by atoms with Crippen molar-refractivity contribution >= 4 is 6.09 Å². The molecule has 0 fully saturated rings. The molecule has 1 N–H and O–H groups in total. The van der Waals surface area contributed by atoms with Crippen molar-refractivity contribution in [2.75, 3.05) is 13.6 Å². The van der Waals surface area contributed by atoms with Gasteiger partial charge in [0.2, 0.25) is 0 Å². The van der Waals surface area contributed by atoms with Crippen LogP contribution >= 0.6 is 0 Å². The predicted molar refractivity (Wildman–Crippen MR) is 35.5 cm³/mol. The molecule has 0 saturated carbocycles. The van der Waals surface area contributed by atoms with E-state index in [1.165, 1.54) is 4.90 Å².